The van der Waals surface area contributed by atoms with E-state index < -0.39 is 11.6 Å². The molecule has 0 spiro atoms. The topological polar surface area (TPSA) is 59.2 Å². The molecule has 2 aromatic rings. The third-order valence-electron chi connectivity index (χ3n) is 5.52. The predicted molar refractivity (Wildman–Crippen MR) is 102 cm³/mol. The molecule has 28 heavy (non-hydrogen) atoms. The molecule has 1 saturated heterocycles. The van der Waals surface area contributed by atoms with Crippen LogP contribution in [-0.4, -0.2) is 34.0 Å². The highest BCUT2D eigenvalue weighted by Crippen LogP contribution is 2.30. The standard InChI is InChI=1S/C21H27F2N3O2/c1-3-5-6-14(4-2)21(27)26-11-9-15(10-12-26)20-24-19(25-28-20)16-7-8-17(22)18(23)13-16/h7-8,13-15H,3-6,9-12H2,1-2H3. The van der Waals surface area contributed by atoms with Crippen molar-refractivity contribution >= 4 is 5.91 Å². The number of hydrogen-bond donors (Lipinski definition) is 0. The molecule has 0 bridgehead atoms. The highest BCUT2D eigenvalue weighted by Gasteiger charge is 2.30. The fourth-order valence-electron chi connectivity index (χ4n) is 3.71. The van der Waals surface area contributed by atoms with Crippen molar-refractivity contribution in [3.05, 3.63) is 35.7 Å². The maximum absolute atomic E-state index is 13.4. The Morgan fingerprint density at radius 2 is 2.00 bits per heavy atom. The summed E-state index contributed by atoms with van der Waals surface area (Å²) in [4.78, 5) is 19.1. The van der Waals surface area contributed by atoms with E-state index in [1.807, 2.05) is 4.90 Å². The van der Waals surface area contributed by atoms with Crippen LogP contribution in [0.2, 0.25) is 0 Å². The number of carbonyl (C=O) groups excluding carboxylic acids is 1. The third-order valence-corrected chi connectivity index (χ3v) is 5.52. The van der Waals surface area contributed by atoms with Crippen molar-refractivity contribution in [1.82, 2.24) is 15.0 Å². The number of benzene rings is 1. The van der Waals surface area contributed by atoms with Gasteiger partial charge in [-0.15, -0.1) is 0 Å². The van der Waals surface area contributed by atoms with E-state index in [0.29, 0.717) is 24.5 Å². The number of likely N-dealkylation sites (tertiary alicyclic amines) is 1. The quantitative estimate of drug-likeness (QED) is 0.671. The van der Waals surface area contributed by atoms with Crippen LogP contribution < -0.4 is 0 Å². The molecule has 1 aliphatic rings. The summed E-state index contributed by atoms with van der Waals surface area (Å²) >= 11 is 0. The van der Waals surface area contributed by atoms with Gasteiger partial charge in [0.1, 0.15) is 0 Å². The van der Waals surface area contributed by atoms with Crippen LogP contribution in [0.3, 0.4) is 0 Å². The van der Waals surface area contributed by atoms with Gasteiger partial charge in [0.05, 0.1) is 0 Å². The lowest BCUT2D eigenvalue weighted by molar-refractivity contribution is -0.137. The summed E-state index contributed by atoms with van der Waals surface area (Å²) in [5.41, 5.74) is 0.378. The van der Waals surface area contributed by atoms with E-state index in [9.17, 15) is 13.6 Å². The first-order valence-corrected chi connectivity index (χ1v) is 10.1. The predicted octanol–water partition coefficient (Wildman–Crippen LogP) is 4.94. The van der Waals surface area contributed by atoms with E-state index in [1.54, 1.807) is 0 Å². The average molecular weight is 391 g/mol. The Hall–Kier alpha value is -2.31. The summed E-state index contributed by atoms with van der Waals surface area (Å²) in [7, 11) is 0. The highest BCUT2D eigenvalue weighted by atomic mass is 19.2. The maximum Gasteiger partial charge on any atom is 0.230 e. The molecule has 0 aliphatic carbocycles. The number of aromatic nitrogens is 2. The van der Waals surface area contributed by atoms with Crippen molar-refractivity contribution in [3.8, 4) is 11.4 Å². The zero-order valence-electron chi connectivity index (χ0n) is 16.5. The van der Waals surface area contributed by atoms with Crippen molar-refractivity contribution in [1.29, 1.82) is 0 Å². The summed E-state index contributed by atoms with van der Waals surface area (Å²) in [6.07, 6.45) is 5.52. The summed E-state index contributed by atoms with van der Waals surface area (Å²) in [6, 6.07) is 3.54. The highest BCUT2D eigenvalue weighted by molar-refractivity contribution is 5.78. The minimum Gasteiger partial charge on any atom is -0.342 e. The van der Waals surface area contributed by atoms with E-state index in [2.05, 4.69) is 24.0 Å². The number of piperidine rings is 1. The molecule has 152 valence electrons. The van der Waals surface area contributed by atoms with Gasteiger partial charge in [-0.25, -0.2) is 8.78 Å². The van der Waals surface area contributed by atoms with Crippen LogP contribution >= 0.6 is 0 Å². The molecule has 1 atom stereocenters. The summed E-state index contributed by atoms with van der Waals surface area (Å²) in [5, 5.41) is 3.91. The van der Waals surface area contributed by atoms with Crippen molar-refractivity contribution in [2.45, 2.75) is 58.3 Å². The third kappa shape index (κ3) is 4.56. The van der Waals surface area contributed by atoms with Gasteiger partial charge in [-0.2, -0.15) is 4.98 Å². The van der Waals surface area contributed by atoms with Crippen LogP contribution in [-0.2, 0) is 4.79 Å². The van der Waals surface area contributed by atoms with Crippen LogP contribution in [0.15, 0.2) is 22.7 Å². The molecule has 0 N–H and O–H groups in total. The molecule has 1 aliphatic heterocycles. The fraction of sp³-hybridized carbons (Fsp3) is 0.571. The Labute approximate surface area is 164 Å². The number of nitrogens with zero attached hydrogens (tertiary/aromatic N) is 3. The number of carbonyl (C=O) groups is 1. The average Bonchev–Trinajstić information content (AvgIpc) is 3.21. The molecule has 3 rings (SSSR count). The Kier molecular flexibility index (Phi) is 6.75. The molecule has 7 heteroatoms. The minimum atomic E-state index is -0.941. The molecule has 0 radical (unpaired) electrons. The van der Waals surface area contributed by atoms with Gasteiger partial charge in [0, 0.05) is 30.5 Å². The molecule has 1 fully saturated rings. The lowest BCUT2D eigenvalue weighted by atomic mass is 9.93. The number of halogens is 2. The number of rotatable bonds is 7. The second kappa shape index (κ2) is 9.26. The van der Waals surface area contributed by atoms with Crippen LogP contribution in [0.4, 0.5) is 8.78 Å². The number of amides is 1. The number of hydrogen-bond acceptors (Lipinski definition) is 4. The van der Waals surface area contributed by atoms with Gasteiger partial charge < -0.3 is 9.42 Å². The first kappa shape index (κ1) is 20.4. The zero-order chi connectivity index (χ0) is 20.1. The van der Waals surface area contributed by atoms with Crippen molar-refractivity contribution in [2.24, 2.45) is 5.92 Å². The van der Waals surface area contributed by atoms with E-state index in [-0.39, 0.29) is 23.6 Å². The van der Waals surface area contributed by atoms with E-state index >= 15 is 0 Å². The minimum absolute atomic E-state index is 0.0753. The second-order valence-corrected chi connectivity index (χ2v) is 7.43. The molecule has 1 aromatic carbocycles. The Bertz CT molecular complexity index is 801. The van der Waals surface area contributed by atoms with Gasteiger partial charge in [0.25, 0.3) is 0 Å². The van der Waals surface area contributed by atoms with E-state index in [1.165, 1.54) is 6.07 Å². The molecular weight excluding hydrogens is 364 g/mol. The summed E-state index contributed by atoms with van der Waals surface area (Å²) in [5.74, 6) is -0.672. The van der Waals surface area contributed by atoms with Gasteiger partial charge in [-0.05, 0) is 43.9 Å². The van der Waals surface area contributed by atoms with Crippen LogP contribution in [0, 0.1) is 17.6 Å². The van der Waals surface area contributed by atoms with Gasteiger partial charge in [0.2, 0.25) is 17.6 Å². The van der Waals surface area contributed by atoms with E-state index in [4.69, 9.17) is 4.52 Å². The van der Waals surface area contributed by atoms with E-state index in [0.717, 1.165) is 50.7 Å². The zero-order valence-corrected chi connectivity index (χ0v) is 16.5. The van der Waals surface area contributed by atoms with Crippen LogP contribution in [0.25, 0.3) is 11.4 Å². The Balaban J connectivity index is 1.60. The SMILES string of the molecule is CCCCC(CC)C(=O)N1CCC(c2nc(-c3ccc(F)c(F)c3)no2)CC1. The van der Waals surface area contributed by atoms with Crippen molar-refractivity contribution in [2.75, 3.05) is 13.1 Å². The first-order chi connectivity index (χ1) is 13.5. The van der Waals surface area contributed by atoms with Crippen molar-refractivity contribution in [3.63, 3.8) is 0 Å². The second-order valence-electron chi connectivity index (χ2n) is 7.43. The monoisotopic (exact) mass is 391 g/mol. The number of unbranched alkanes of at least 4 members (excludes halogenated alkanes) is 1. The van der Waals surface area contributed by atoms with Gasteiger partial charge in [-0.1, -0.05) is 31.8 Å². The lowest BCUT2D eigenvalue weighted by Gasteiger charge is -2.33. The smallest absolute Gasteiger partial charge is 0.230 e. The molecule has 5 nitrogen and oxygen atoms in total. The van der Waals surface area contributed by atoms with Crippen LogP contribution in [0.1, 0.15) is 64.2 Å². The maximum atomic E-state index is 13.4. The van der Waals surface area contributed by atoms with Gasteiger partial charge >= 0.3 is 0 Å². The summed E-state index contributed by atoms with van der Waals surface area (Å²) < 4.78 is 31.9. The van der Waals surface area contributed by atoms with Crippen LogP contribution in [0.5, 0.6) is 0 Å². The Morgan fingerprint density at radius 3 is 2.64 bits per heavy atom. The summed E-state index contributed by atoms with van der Waals surface area (Å²) in [6.45, 7) is 5.56. The Morgan fingerprint density at radius 1 is 1.25 bits per heavy atom. The lowest BCUT2D eigenvalue weighted by Crippen LogP contribution is -2.41. The normalized spacial score (nSPS) is 16.4. The molecular formula is C21H27F2N3O2. The van der Waals surface area contributed by atoms with Gasteiger partial charge in [0.15, 0.2) is 11.6 Å². The molecule has 1 amide bonds. The fourth-order valence-corrected chi connectivity index (χ4v) is 3.71. The molecule has 2 heterocycles. The molecule has 0 saturated carbocycles. The van der Waals surface area contributed by atoms with Crippen molar-refractivity contribution < 1.29 is 18.1 Å². The largest absolute Gasteiger partial charge is 0.342 e. The molecule has 1 aromatic heterocycles. The molecule has 1 unspecified atom stereocenters. The first-order valence-electron chi connectivity index (χ1n) is 10.1. The van der Waals surface area contributed by atoms with Gasteiger partial charge in [-0.3, -0.25) is 4.79 Å².